The van der Waals surface area contributed by atoms with E-state index in [1.165, 1.54) is 5.56 Å². The summed E-state index contributed by atoms with van der Waals surface area (Å²) >= 11 is 0. The molecule has 1 fully saturated rings. The molecule has 2 aromatic rings. The highest BCUT2D eigenvalue weighted by molar-refractivity contribution is 5.95. The van der Waals surface area contributed by atoms with Gasteiger partial charge in [0.1, 0.15) is 11.5 Å². The highest BCUT2D eigenvalue weighted by Crippen LogP contribution is 2.24. The average Bonchev–Trinajstić information content (AvgIpc) is 3.08. The number of methoxy groups -OCH3 is 2. The fourth-order valence-corrected chi connectivity index (χ4v) is 3.08. The molecule has 1 N–H and O–H groups in total. The van der Waals surface area contributed by atoms with Crippen LogP contribution >= 0.6 is 0 Å². The molecule has 1 heterocycles. The molecule has 5 heteroatoms. The van der Waals surface area contributed by atoms with E-state index in [1.807, 2.05) is 35.2 Å². The summed E-state index contributed by atoms with van der Waals surface area (Å²) in [5, 5.41) is 3.43. The van der Waals surface area contributed by atoms with Gasteiger partial charge in [-0.3, -0.25) is 4.79 Å². The summed E-state index contributed by atoms with van der Waals surface area (Å²) in [6.45, 7) is 2.26. The number of hydrogen-bond donors (Lipinski definition) is 1. The molecule has 132 valence electrons. The van der Waals surface area contributed by atoms with Gasteiger partial charge in [-0.25, -0.2) is 0 Å². The van der Waals surface area contributed by atoms with E-state index in [2.05, 4.69) is 17.4 Å². The van der Waals surface area contributed by atoms with Crippen molar-refractivity contribution in [3.63, 3.8) is 0 Å². The Labute approximate surface area is 148 Å². The number of hydrogen-bond acceptors (Lipinski definition) is 4. The van der Waals surface area contributed by atoms with Crippen LogP contribution in [0.1, 0.15) is 24.0 Å². The lowest BCUT2D eigenvalue weighted by atomic mass is 10.1. The van der Waals surface area contributed by atoms with Crippen LogP contribution in [0.25, 0.3) is 0 Å². The summed E-state index contributed by atoms with van der Waals surface area (Å²) < 4.78 is 10.7. The third kappa shape index (κ3) is 4.12. The number of nitrogens with zero attached hydrogens (tertiary/aromatic N) is 1. The Morgan fingerprint density at radius 2 is 1.84 bits per heavy atom. The number of amides is 1. The number of nitrogens with one attached hydrogen (secondary N) is 1. The molecule has 3 rings (SSSR count). The van der Waals surface area contributed by atoms with E-state index in [9.17, 15) is 4.79 Å². The van der Waals surface area contributed by atoms with Crippen molar-refractivity contribution in [3.8, 4) is 11.5 Å². The van der Waals surface area contributed by atoms with Crippen LogP contribution in [-0.4, -0.2) is 26.7 Å². The topological polar surface area (TPSA) is 50.8 Å². The first-order valence-corrected chi connectivity index (χ1v) is 8.52. The molecule has 2 aromatic carbocycles. The minimum Gasteiger partial charge on any atom is -0.497 e. The van der Waals surface area contributed by atoms with E-state index >= 15 is 0 Å². The number of carbonyl (C=O) groups excluding carboxylic acids is 1. The summed E-state index contributed by atoms with van der Waals surface area (Å²) in [5.41, 5.74) is 3.22. The lowest BCUT2D eigenvalue weighted by Crippen LogP contribution is -2.23. The third-order valence-electron chi connectivity index (χ3n) is 4.45. The van der Waals surface area contributed by atoms with Gasteiger partial charge in [-0.1, -0.05) is 12.1 Å². The van der Waals surface area contributed by atoms with E-state index in [0.717, 1.165) is 42.3 Å². The second kappa shape index (κ2) is 8.03. The van der Waals surface area contributed by atoms with Crippen molar-refractivity contribution < 1.29 is 14.3 Å². The highest BCUT2D eigenvalue weighted by Gasteiger charge is 2.21. The summed E-state index contributed by atoms with van der Waals surface area (Å²) in [7, 11) is 3.33. The monoisotopic (exact) mass is 340 g/mol. The van der Waals surface area contributed by atoms with Crippen molar-refractivity contribution in [2.24, 2.45) is 0 Å². The number of carbonyl (C=O) groups is 1. The molecule has 0 atom stereocenters. The Morgan fingerprint density at radius 3 is 2.48 bits per heavy atom. The maximum absolute atomic E-state index is 11.8. The summed E-state index contributed by atoms with van der Waals surface area (Å²) in [6, 6.07) is 14.0. The zero-order valence-corrected chi connectivity index (χ0v) is 14.7. The Morgan fingerprint density at radius 1 is 1.04 bits per heavy atom. The molecule has 1 aliphatic heterocycles. The van der Waals surface area contributed by atoms with Crippen LogP contribution in [0.4, 0.5) is 5.69 Å². The molecule has 5 nitrogen and oxygen atoms in total. The molecular formula is C20H24N2O3. The minimum absolute atomic E-state index is 0.219. The predicted molar refractivity (Wildman–Crippen MR) is 98.1 cm³/mol. The summed E-state index contributed by atoms with van der Waals surface area (Å²) in [4.78, 5) is 13.7. The first-order valence-electron chi connectivity index (χ1n) is 8.52. The number of rotatable bonds is 7. The smallest absolute Gasteiger partial charge is 0.227 e. The Balaban J connectivity index is 1.58. The van der Waals surface area contributed by atoms with Gasteiger partial charge < -0.3 is 19.7 Å². The molecule has 0 aliphatic carbocycles. The molecule has 1 aliphatic rings. The van der Waals surface area contributed by atoms with Crippen molar-refractivity contribution in [1.29, 1.82) is 0 Å². The van der Waals surface area contributed by atoms with Crippen LogP contribution in [-0.2, 0) is 17.9 Å². The van der Waals surface area contributed by atoms with Gasteiger partial charge in [0, 0.05) is 37.3 Å². The second-order valence-electron chi connectivity index (χ2n) is 6.10. The fraction of sp³-hybridized carbons (Fsp3) is 0.350. The SMILES string of the molecule is COc1ccc(OC)c(CNCc2ccc(N3CCCC3=O)cc2)c1. The molecule has 0 spiro atoms. The van der Waals surface area contributed by atoms with Crippen LogP contribution in [0.3, 0.4) is 0 Å². The van der Waals surface area contributed by atoms with Gasteiger partial charge in [0.15, 0.2) is 0 Å². The maximum Gasteiger partial charge on any atom is 0.227 e. The van der Waals surface area contributed by atoms with Crippen molar-refractivity contribution >= 4 is 11.6 Å². The lowest BCUT2D eigenvalue weighted by Gasteiger charge is -2.16. The van der Waals surface area contributed by atoms with Gasteiger partial charge in [-0.05, 0) is 42.3 Å². The largest absolute Gasteiger partial charge is 0.497 e. The number of benzene rings is 2. The van der Waals surface area contributed by atoms with Crippen molar-refractivity contribution in [2.75, 3.05) is 25.7 Å². The molecule has 0 saturated carbocycles. The van der Waals surface area contributed by atoms with Gasteiger partial charge in [-0.2, -0.15) is 0 Å². The molecule has 0 bridgehead atoms. The first kappa shape index (κ1) is 17.3. The van der Waals surface area contributed by atoms with Crippen LogP contribution in [0, 0.1) is 0 Å². The molecule has 0 aromatic heterocycles. The molecule has 0 radical (unpaired) electrons. The Kier molecular flexibility index (Phi) is 5.56. The van der Waals surface area contributed by atoms with Gasteiger partial charge >= 0.3 is 0 Å². The normalized spacial score (nSPS) is 14.0. The van der Waals surface area contributed by atoms with Gasteiger partial charge in [0.2, 0.25) is 5.91 Å². The number of anilines is 1. The summed E-state index contributed by atoms with van der Waals surface area (Å²) in [5.74, 6) is 1.88. The Bertz CT molecular complexity index is 728. The second-order valence-corrected chi connectivity index (χ2v) is 6.10. The van der Waals surface area contributed by atoms with E-state index in [1.54, 1.807) is 14.2 Å². The summed E-state index contributed by atoms with van der Waals surface area (Å²) in [6.07, 6.45) is 1.61. The zero-order valence-electron chi connectivity index (χ0n) is 14.7. The van der Waals surface area contributed by atoms with E-state index in [-0.39, 0.29) is 5.91 Å². The van der Waals surface area contributed by atoms with Crippen molar-refractivity contribution in [2.45, 2.75) is 25.9 Å². The van der Waals surface area contributed by atoms with E-state index in [0.29, 0.717) is 13.0 Å². The lowest BCUT2D eigenvalue weighted by molar-refractivity contribution is -0.117. The third-order valence-corrected chi connectivity index (χ3v) is 4.45. The highest BCUT2D eigenvalue weighted by atomic mass is 16.5. The van der Waals surface area contributed by atoms with Crippen LogP contribution in [0.15, 0.2) is 42.5 Å². The van der Waals surface area contributed by atoms with Crippen molar-refractivity contribution in [3.05, 3.63) is 53.6 Å². The van der Waals surface area contributed by atoms with Gasteiger partial charge in [-0.15, -0.1) is 0 Å². The van der Waals surface area contributed by atoms with Gasteiger partial charge in [0.05, 0.1) is 14.2 Å². The Hall–Kier alpha value is -2.53. The van der Waals surface area contributed by atoms with Gasteiger partial charge in [0.25, 0.3) is 0 Å². The number of ether oxygens (including phenoxy) is 2. The predicted octanol–water partition coefficient (Wildman–Crippen LogP) is 3.12. The molecule has 0 unspecified atom stereocenters. The molecule has 1 amide bonds. The first-order chi connectivity index (χ1) is 12.2. The molecule has 25 heavy (non-hydrogen) atoms. The maximum atomic E-state index is 11.8. The standard InChI is InChI=1S/C20H24N2O3/c1-24-18-9-10-19(25-2)16(12-18)14-21-13-15-5-7-17(8-6-15)22-11-3-4-20(22)23/h5-10,12,21H,3-4,11,13-14H2,1-2H3. The minimum atomic E-state index is 0.219. The van der Waals surface area contributed by atoms with Crippen LogP contribution in [0.5, 0.6) is 11.5 Å². The average molecular weight is 340 g/mol. The van der Waals surface area contributed by atoms with E-state index < -0.39 is 0 Å². The quantitative estimate of drug-likeness (QED) is 0.841. The van der Waals surface area contributed by atoms with Crippen LogP contribution in [0.2, 0.25) is 0 Å². The van der Waals surface area contributed by atoms with Crippen molar-refractivity contribution in [1.82, 2.24) is 5.32 Å². The fourth-order valence-electron chi connectivity index (χ4n) is 3.08. The molecular weight excluding hydrogens is 316 g/mol. The molecule has 1 saturated heterocycles. The zero-order chi connectivity index (χ0) is 17.6. The van der Waals surface area contributed by atoms with E-state index in [4.69, 9.17) is 9.47 Å². The van der Waals surface area contributed by atoms with Crippen LogP contribution < -0.4 is 19.7 Å².